The minimum atomic E-state index is -0.478. The molecule has 3 aliphatic rings. The number of carbonyl (C=O) groups is 1. The van der Waals surface area contributed by atoms with Gasteiger partial charge in [-0.15, -0.1) is 11.3 Å². The molecule has 2 aliphatic heterocycles. The summed E-state index contributed by atoms with van der Waals surface area (Å²) in [5.41, 5.74) is 8.29. The van der Waals surface area contributed by atoms with E-state index in [0.29, 0.717) is 10.8 Å². The lowest BCUT2D eigenvalue weighted by molar-refractivity contribution is -0.119. The second kappa shape index (κ2) is 7.14. The SMILES string of the molecule is O=C1C2C=CC=CC2=NC2/C(=N\Nc3nc(-c4ccccc4)cs3)c3ccccc3N12. The Bertz CT molecular complexity index is 1300. The van der Waals surface area contributed by atoms with Crippen LogP contribution in [0.5, 0.6) is 0 Å². The Labute approximate surface area is 183 Å². The van der Waals surface area contributed by atoms with Gasteiger partial charge in [0.05, 0.1) is 23.0 Å². The third-order valence-corrected chi connectivity index (χ3v) is 6.30. The summed E-state index contributed by atoms with van der Waals surface area (Å²) in [6.45, 7) is 0. The number of anilines is 2. The van der Waals surface area contributed by atoms with E-state index in [2.05, 4.69) is 15.5 Å². The average molecular weight is 424 g/mol. The maximum absolute atomic E-state index is 13.3. The molecule has 6 nitrogen and oxygen atoms in total. The summed E-state index contributed by atoms with van der Waals surface area (Å²) < 4.78 is 0. The number of allylic oxidation sites excluding steroid dienone is 3. The van der Waals surface area contributed by atoms with Crippen LogP contribution in [0.15, 0.2) is 94.4 Å². The van der Waals surface area contributed by atoms with Crippen molar-refractivity contribution in [3.63, 3.8) is 0 Å². The van der Waals surface area contributed by atoms with Crippen molar-refractivity contribution in [3.05, 3.63) is 89.8 Å². The van der Waals surface area contributed by atoms with E-state index in [1.54, 1.807) is 4.90 Å². The predicted molar refractivity (Wildman–Crippen MR) is 125 cm³/mol. The van der Waals surface area contributed by atoms with Crippen LogP contribution in [0.1, 0.15) is 5.56 Å². The van der Waals surface area contributed by atoms with Crippen LogP contribution >= 0.6 is 11.3 Å². The normalized spacial score (nSPS) is 22.2. The number of para-hydroxylation sites is 1. The molecule has 1 N–H and O–H groups in total. The molecular formula is C24H17N5OS. The van der Waals surface area contributed by atoms with Crippen LogP contribution in [-0.2, 0) is 4.79 Å². The van der Waals surface area contributed by atoms with Gasteiger partial charge >= 0.3 is 0 Å². The zero-order chi connectivity index (χ0) is 20.8. The first-order chi connectivity index (χ1) is 15.3. The van der Waals surface area contributed by atoms with E-state index < -0.39 is 6.17 Å². The van der Waals surface area contributed by atoms with E-state index >= 15 is 0 Å². The molecule has 0 radical (unpaired) electrons. The van der Waals surface area contributed by atoms with Crippen molar-refractivity contribution in [2.75, 3.05) is 10.3 Å². The Balaban J connectivity index is 1.37. The summed E-state index contributed by atoms with van der Waals surface area (Å²) in [6, 6.07) is 17.8. The van der Waals surface area contributed by atoms with Crippen molar-refractivity contribution in [2.45, 2.75) is 6.17 Å². The van der Waals surface area contributed by atoms with Gasteiger partial charge < -0.3 is 0 Å². The molecule has 3 aromatic rings. The number of aromatic nitrogens is 1. The molecule has 0 saturated carbocycles. The quantitative estimate of drug-likeness (QED) is 0.631. The molecule has 0 spiro atoms. The zero-order valence-corrected chi connectivity index (χ0v) is 17.2. The van der Waals surface area contributed by atoms with Crippen molar-refractivity contribution < 1.29 is 4.79 Å². The Morgan fingerprint density at radius 2 is 1.87 bits per heavy atom. The van der Waals surface area contributed by atoms with Gasteiger partial charge in [-0.2, -0.15) is 5.10 Å². The van der Waals surface area contributed by atoms with Gasteiger partial charge in [-0.25, -0.2) is 4.98 Å². The van der Waals surface area contributed by atoms with Crippen molar-refractivity contribution in [2.24, 2.45) is 16.0 Å². The molecule has 2 unspecified atom stereocenters. The van der Waals surface area contributed by atoms with Crippen molar-refractivity contribution in [3.8, 4) is 11.3 Å². The Hall–Kier alpha value is -3.84. The van der Waals surface area contributed by atoms with Gasteiger partial charge in [0.1, 0.15) is 5.71 Å². The minimum absolute atomic E-state index is 0.0221. The minimum Gasteiger partial charge on any atom is -0.282 e. The molecule has 1 aromatic heterocycles. The topological polar surface area (TPSA) is 70.0 Å². The van der Waals surface area contributed by atoms with Gasteiger partial charge in [0.25, 0.3) is 0 Å². The fourth-order valence-electron chi connectivity index (χ4n) is 4.10. The smallest absolute Gasteiger partial charge is 0.242 e. The predicted octanol–water partition coefficient (Wildman–Crippen LogP) is 4.50. The monoisotopic (exact) mass is 423 g/mol. The van der Waals surface area contributed by atoms with Gasteiger partial charge in [0.15, 0.2) is 6.17 Å². The van der Waals surface area contributed by atoms with Crippen LogP contribution in [0.2, 0.25) is 0 Å². The van der Waals surface area contributed by atoms with E-state index in [-0.39, 0.29) is 11.8 Å². The maximum Gasteiger partial charge on any atom is 0.242 e. The van der Waals surface area contributed by atoms with Crippen LogP contribution in [0.3, 0.4) is 0 Å². The summed E-state index contributed by atoms with van der Waals surface area (Å²) in [5, 5.41) is 7.36. The molecule has 0 fully saturated rings. The van der Waals surface area contributed by atoms with Crippen LogP contribution in [0, 0.1) is 5.92 Å². The van der Waals surface area contributed by atoms with Gasteiger partial charge in [-0.05, 0) is 12.1 Å². The fourth-order valence-corrected chi connectivity index (χ4v) is 4.76. The van der Waals surface area contributed by atoms with Crippen LogP contribution in [0.25, 0.3) is 11.3 Å². The second-order valence-corrected chi connectivity index (χ2v) is 8.25. The number of nitrogens with zero attached hydrogens (tertiary/aromatic N) is 4. The Morgan fingerprint density at radius 1 is 1.03 bits per heavy atom. The molecule has 3 heterocycles. The Morgan fingerprint density at radius 3 is 2.77 bits per heavy atom. The van der Waals surface area contributed by atoms with Crippen molar-refractivity contribution >= 4 is 39.5 Å². The number of rotatable bonds is 3. The lowest BCUT2D eigenvalue weighted by Gasteiger charge is -2.32. The van der Waals surface area contributed by atoms with Crippen LogP contribution in [-0.4, -0.2) is 28.5 Å². The molecule has 0 saturated heterocycles. The lowest BCUT2D eigenvalue weighted by atomic mass is 9.94. The zero-order valence-electron chi connectivity index (χ0n) is 16.3. The van der Waals surface area contributed by atoms with E-state index in [4.69, 9.17) is 4.99 Å². The summed E-state index contributed by atoms with van der Waals surface area (Å²) >= 11 is 1.49. The number of nitrogens with one attached hydrogen (secondary N) is 1. The van der Waals surface area contributed by atoms with E-state index in [1.807, 2.05) is 84.3 Å². The first-order valence-corrected chi connectivity index (χ1v) is 10.9. The number of benzene rings is 2. The molecule has 2 atom stereocenters. The number of aliphatic imine (C=N–C) groups is 1. The third kappa shape index (κ3) is 2.93. The van der Waals surface area contributed by atoms with E-state index in [0.717, 1.165) is 28.2 Å². The molecule has 0 bridgehead atoms. The van der Waals surface area contributed by atoms with Crippen LogP contribution < -0.4 is 10.3 Å². The largest absolute Gasteiger partial charge is 0.282 e. The highest BCUT2D eigenvalue weighted by Crippen LogP contribution is 2.38. The molecule has 1 amide bonds. The fraction of sp³-hybridized carbons (Fsp3) is 0.0833. The highest BCUT2D eigenvalue weighted by atomic mass is 32.1. The first kappa shape index (κ1) is 18.0. The van der Waals surface area contributed by atoms with Crippen molar-refractivity contribution in [1.82, 2.24) is 4.98 Å². The van der Waals surface area contributed by atoms with Gasteiger partial charge in [-0.1, -0.05) is 66.8 Å². The molecule has 2 aromatic carbocycles. The molecule has 6 rings (SSSR count). The standard InChI is InChI=1S/C24H17N5OS/c30-23-16-10-4-6-12-18(16)25-22-21(17-11-5-7-13-20(17)29(22)23)27-28-24-26-19(14-31-24)15-8-2-1-3-9-15/h1-14,16,22H,(H,26,28)/b27-21-. The number of thiazole rings is 1. The average Bonchev–Trinajstić information content (AvgIpc) is 3.41. The summed E-state index contributed by atoms with van der Waals surface area (Å²) in [5.74, 6) is -0.317. The number of hydrogen-bond donors (Lipinski definition) is 1. The number of hydrazone groups is 1. The summed E-state index contributed by atoms with van der Waals surface area (Å²) in [7, 11) is 0. The molecular weight excluding hydrogens is 406 g/mol. The number of carbonyl (C=O) groups excluding carboxylic acids is 1. The summed E-state index contributed by atoms with van der Waals surface area (Å²) in [4.78, 5) is 24.5. The maximum atomic E-state index is 13.3. The molecule has 1 aliphatic carbocycles. The molecule has 150 valence electrons. The highest BCUT2D eigenvalue weighted by molar-refractivity contribution is 7.14. The van der Waals surface area contributed by atoms with E-state index in [1.165, 1.54) is 11.3 Å². The Kier molecular flexibility index (Phi) is 4.14. The number of fused-ring (bicyclic) bond motifs is 4. The first-order valence-electron chi connectivity index (χ1n) is 9.99. The molecule has 7 heteroatoms. The highest BCUT2D eigenvalue weighted by Gasteiger charge is 2.45. The van der Waals surface area contributed by atoms with Gasteiger partial charge in [0, 0.05) is 16.5 Å². The number of hydrogen-bond acceptors (Lipinski definition) is 6. The van der Waals surface area contributed by atoms with Crippen molar-refractivity contribution in [1.29, 1.82) is 0 Å². The van der Waals surface area contributed by atoms with E-state index in [9.17, 15) is 4.79 Å². The van der Waals surface area contributed by atoms with Crippen LogP contribution in [0.4, 0.5) is 10.8 Å². The third-order valence-electron chi connectivity index (χ3n) is 5.55. The van der Waals surface area contributed by atoms with Gasteiger partial charge in [0.2, 0.25) is 11.0 Å². The number of amides is 1. The molecule has 31 heavy (non-hydrogen) atoms. The lowest BCUT2D eigenvalue weighted by Crippen LogP contribution is -2.49. The van der Waals surface area contributed by atoms with Gasteiger partial charge in [-0.3, -0.25) is 20.1 Å². The second-order valence-electron chi connectivity index (χ2n) is 7.39. The summed E-state index contributed by atoms with van der Waals surface area (Å²) in [6.07, 6.45) is 7.13.